The summed E-state index contributed by atoms with van der Waals surface area (Å²) in [5.41, 5.74) is 11.1. The molecule has 4 aromatic heterocycles. The van der Waals surface area contributed by atoms with Gasteiger partial charge in [-0.2, -0.15) is 4.98 Å². The van der Waals surface area contributed by atoms with Crippen molar-refractivity contribution >= 4 is 95.9 Å². The number of carbonyl (C=O) groups is 3. The van der Waals surface area contributed by atoms with E-state index < -0.39 is 99.6 Å². The Bertz CT molecular complexity index is 2840. The van der Waals surface area contributed by atoms with Gasteiger partial charge in [-0.05, 0) is 37.6 Å². The highest BCUT2D eigenvalue weighted by atomic mass is 32.7. The monoisotopic (exact) mass is 1030 g/mol. The first-order valence-electron chi connectivity index (χ1n) is 20.3. The maximum Gasteiger partial charge on any atom is 0.413 e. The van der Waals surface area contributed by atoms with Gasteiger partial charge in [-0.25, -0.2) is 38.7 Å². The first kappa shape index (κ1) is 49.2. The molecule has 4 amide bonds. The predicted octanol–water partition coefficient (Wildman–Crippen LogP) is 0.675. The van der Waals surface area contributed by atoms with Crippen molar-refractivity contribution in [2.45, 2.75) is 74.6 Å². The highest BCUT2D eigenvalue weighted by Gasteiger charge is 2.53. The van der Waals surface area contributed by atoms with Crippen LogP contribution in [0.1, 0.15) is 30.9 Å². The largest absolute Gasteiger partial charge is 0.444 e. The molecule has 0 radical (unpaired) electrons. The van der Waals surface area contributed by atoms with Gasteiger partial charge in [-0.15, -0.1) is 0 Å². The van der Waals surface area contributed by atoms with Crippen LogP contribution < -0.4 is 38.3 Å². The molecule has 11 atom stereocenters. The second-order valence-corrected chi connectivity index (χ2v) is 21.0. The molecule has 68 heavy (non-hydrogen) atoms. The zero-order valence-electron chi connectivity index (χ0n) is 35.3. The lowest BCUT2D eigenvalue weighted by Crippen LogP contribution is -2.39. The molecule has 1 aromatic carbocycles. The molecular weight excluding hydrogens is 983 g/mol. The minimum atomic E-state index is -4.51. The summed E-state index contributed by atoms with van der Waals surface area (Å²) in [7, 11) is 1.64. The SMILES string of the molecule is CN[C@@H](CCCNC(N)=O)C(=O)Nc1ccc(COC(=O)Nc2ncnc3c2ncn3C2OC3COP(=O)(S)OC4C(COP(=O)(S)OC2C3O)OC(n2cnc3c(=O)[nH]c(N)nc32)C4O)cc1. The number of anilines is 3. The smallest absolute Gasteiger partial charge is 0.413 e. The number of nitrogens with two attached hydrogens (primary N) is 2. The van der Waals surface area contributed by atoms with Crippen LogP contribution in [-0.4, -0.2) is 137 Å². The van der Waals surface area contributed by atoms with Crippen molar-refractivity contribution in [2.24, 2.45) is 5.73 Å². The van der Waals surface area contributed by atoms with E-state index in [1.807, 2.05) is 0 Å². The fraction of sp³-hybridized carbons (Fsp3) is 0.457. The van der Waals surface area contributed by atoms with Gasteiger partial charge in [-0.1, -0.05) is 36.6 Å². The fourth-order valence-corrected chi connectivity index (χ4v) is 10.4. The number of benzene rings is 1. The molecule has 7 heterocycles. The van der Waals surface area contributed by atoms with E-state index in [0.717, 1.165) is 12.7 Å². The Morgan fingerprint density at radius 3 is 2.28 bits per heavy atom. The van der Waals surface area contributed by atoms with Crippen molar-refractivity contribution < 1.29 is 66.0 Å². The molecule has 366 valence electrons. The number of imidazole rings is 2. The van der Waals surface area contributed by atoms with E-state index in [4.69, 9.17) is 43.8 Å². The molecule has 5 aromatic rings. The van der Waals surface area contributed by atoms with Crippen molar-refractivity contribution in [3.05, 3.63) is 59.2 Å². The lowest BCUT2D eigenvalue weighted by atomic mass is 10.1. The minimum absolute atomic E-state index is 0.0313. The molecule has 33 heteroatoms. The van der Waals surface area contributed by atoms with Crippen LogP contribution in [0.15, 0.2) is 48.0 Å². The van der Waals surface area contributed by atoms with Crippen LogP contribution in [0.2, 0.25) is 0 Å². The Morgan fingerprint density at radius 2 is 1.57 bits per heavy atom. The number of aromatic nitrogens is 8. The summed E-state index contributed by atoms with van der Waals surface area (Å²) >= 11 is 8.23. The number of nitrogens with zero attached hydrogens (tertiary/aromatic N) is 7. The van der Waals surface area contributed by atoms with Crippen molar-refractivity contribution in [3.63, 3.8) is 0 Å². The Labute approximate surface area is 393 Å². The van der Waals surface area contributed by atoms with Gasteiger partial charge in [0.05, 0.1) is 31.9 Å². The van der Waals surface area contributed by atoms with Gasteiger partial charge in [0.15, 0.2) is 40.6 Å². The number of nitrogen functional groups attached to an aromatic ring is 1. The number of rotatable bonds is 12. The summed E-state index contributed by atoms with van der Waals surface area (Å²) in [6, 6.07) is 5.40. The highest BCUT2D eigenvalue weighted by molar-refractivity contribution is 8.44. The van der Waals surface area contributed by atoms with Gasteiger partial charge in [0, 0.05) is 12.2 Å². The van der Waals surface area contributed by atoms with Crippen LogP contribution in [0.4, 0.5) is 27.0 Å². The molecular formula is C35H44N14O15P2S2. The van der Waals surface area contributed by atoms with Gasteiger partial charge in [0.25, 0.3) is 5.56 Å². The Balaban J connectivity index is 0.927. The second kappa shape index (κ2) is 20.4. The summed E-state index contributed by atoms with van der Waals surface area (Å²) < 4.78 is 70.2. The standard InChI is InChI=1S/C35H44N14O15P2S2/c1-38-17(3-2-8-39-34(37)54)29(52)44-16-6-4-15(5-7-16)9-58-35(55)45-26-20-27(41-12-40-26)48(13-42-20)32-25-22(50)18(61-32)10-59-65(56,67)63-24-19(11-60-66(57,68)64-25)62-31(23(24)51)49-14-43-21-28(49)46-33(36)47-30(21)53/h4-7,12-14,17-19,22-25,31-32,38,50-51H,2-3,8-11H2,1H3,(H,44,52)(H,56,67)(H,57,68)(H3,37,39,54)(H3,36,46,47,53)(H,40,41,45,55)/t17-,18?,19?,22?,23?,24?,25?,31?,32?,65?,66?/m0/s1. The number of likely N-dealkylation sites (N-methyl/N-ethyl adjacent to an activating group) is 1. The summed E-state index contributed by atoms with van der Waals surface area (Å²) in [6.45, 7) is -10.2. The molecule has 2 bridgehead atoms. The minimum Gasteiger partial charge on any atom is -0.444 e. The van der Waals surface area contributed by atoms with E-state index in [1.165, 1.54) is 15.5 Å². The van der Waals surface area contributed by atoms with Gasteiger partial charge >= 0.3 is 25.7 Å². The summed E-state index contributed by atoms with van der Waals surface area (Å²) in [4.78, 5) is 72.2. The molecule has 3 aliphatic heterocycles. The number of carbonyl (C=O) groups excluding carboxylic acids is 3. The highest BCUT2D eigenvalue weighted by Crippen LogP contribution is 2.60. The number of amides is 4. The number of primary amides is 1. The average Bonchev–Trinajstić information content (AvgIpc) is 4.06. The quantitative estimate of drug-likeness (QED) is 0.0465. The van der Waals surface area contributed by atoms with E-state index in [0.29, 0.717) is 30.6 Å². The maximum atomic E-state index is 13.9. The Morgan fingerprint density at radius 1 is 0.912 bits per heavy atom. The topological polar surface area (TPSA) is 398 Å². The van der Waals surface area contributed by atoms with Gasteiger partial charge in [0.1, 0.15) is 49.6 Å². The van der Waals surface area contributed by atoms with E-state index in [-0.39, 0.29) is 46.6 Å². The lowest BCUT2D eigenvalue weighted by molar-refractivity contribution is -0.118. The van der Waals surface area contributed by atoms with Crippen LogP contribution in [0, 0.1) is 0 Å². The first-order chi connectivity index (χ1) is 32.4. The third-order valence-electron chi connectivity index (χ3n) is 10.7. The number of ether oxygens (including phenoxy) is 3. The normalized spacial score (nSPS) is 29.0. The van der Waals surface area contributed by atoms with Crippen molar-refractivity contribution in [3.8, 4) is 0 Å². The van der Waals surface area contributed by atoms with Crippen molar-refractivity contribution in [1.29, 1.82) is 0 Å². The molecule has 0 saturated carbocycles. The molecule has 3 aliphatic rings. The van der Waals surface area contributed by atoms with Crippen LogP contribution in [0.5, 0.6) is 0 Å². The average molecular weight is 1030 g/mol. The van der Waals surface area contributed by atoms with E-state index in [9.17, 15) is 38.5 Å². The molecule has 8 rings (SSSR count). The summed E-state index contributed by atoms with van der Waals surface area (Å²) in [5.74, 6) is -0.624. The number of aromatic amines is 1. The van der Waals surface area contributed by atoms with Crippen molar-refractivity contribution in [1.82, 2.24) is 49.7 Å². The predicted molar refractivity (Wildman–Crippen MR) is 241 cm³/mol. The van der Waals surface area contributed by atoms with Crippen LogP contribution in [-0.2, 0) is 52.8 Å². The molecule has 11 N–H and O–H groups in total. The van der Waals surface area contributed by atoms with Crippen LogP contribution >= 0.6 is 38.1 Å². The lowest BCUT2D eigenvalue weighted by Gasteiger charge is -2.26. The third-order valence-corrected chi connectivity index (χ3v) is 14.0. The number of urea groups is 1. The van der Waals surface area contributed by atoms with E-state index in [2.05, 4.69) is 75.7 Å². The Hall–Kier alpha value is -5.27. The van der Waals surface area contributed by atoms with Crippen molar-refractivity contribution in [2.75, 3.05) is 43.2 Å². The van der Waals surface area contributed by atoms with Gasteiger partial charge in [0.2, 0.25) is 11.9 Å². The molecule has 3 fully saturated rings. The number of H-pyrrole nitrogens is 1. The van der Waals surface area contributed by atoms with E-state index >= 15 is 0 Å². The van der Waals surface area contributed by atoms with Crippen LogP contribution in [0.3, 0.4) is 0 Å². The molecule has 10 unspecified atom stereocenters. The van der Waals surface area contributed by atoms with E-state index in [1.54, 1.807) is 31.3 Å². The molecule has 3 saturated heterocycles. The zero-order chi connectivity index (χ0) is 48.5. The van der Waals surface area contributed by atoms with Gasteiger partial charge < -0.3 is 51.8 Å². The van der Waals surface area contributed by atoms with Gasteiger partial charge in [-0.3, -0.25) is 47.1 Å². The fourth-order valence-electron chi connectivity index (χ4n) is 7.49. The molecule has 0 aliphatic carbocycles. The first-order valence-corrected chi connectivity index (χ1v) is 25.7. The van der Waals surface area contributed by atoms with Crippen LogP contribution in [0.25, 0.3) is 22.3 Å². The molecule has 29 nitrogen and oxygen atoms in total. The zero-order valence-corrected chi connectivity index (χ0v) is 38.8. The number of aliphatic hydroxyl groups excluding tert-OH is 2. The third kappa shape index (κ3) is 10.9. The number of nitrogens with one attached hydrogen (secondary N) is 5. The number of hydrogen-bond acceptors (Lipinski definition) is 22. The summed E-state index contributed by atoms with van der Waals surface area (Å²) in [6.07, 6.45) is -8.43. The molecule has 0 spiro atoms. The Kier molecular flexibility index (Phi) is 14.7. The second-order valence-electron chi connectivity index (χ2n) is 15.3. The number of thiol groups is 2. The number of hydrogen-bond donors (Lipinski definition) is 11. The summed E-state index contributed by atoms with van der Waals surface area (Å²) in [5, 5.41) is 33.6. The number of aliphatic hydroxyl groups is 2. The number of fused-ring (bicyclic) bond motifs is 5. The maximum absolute atomic E-state index is 13.9.